The van der Waals surface area contributed by atoms with Gasteiger partial charge in [-0.3, -0.25) is 9.89 Å². The normalized spacial score (nSPS) is 13.7. The predicted octanol–water partition coefficient (Wildman–Crippen LogP) is 3.67. The molecule has 0 bridgehead atoms. The van der Waals surface area contributed by atoms with E-state index in [-0.39, 0.29) is 11.9 Å². The zero-order valence-electron chi connectivity index (χ0n) is 17.1. The standard InChI is InChI=1S/C23H25N3O4/c1-3-17(14-28-2)24-23(27)16-9-7-15(8-10-16)19-13-20(26-25-19)18-5-4-6-21-22(18)30-12-11-29-21/h4-10,13,17H,3,11-12,14H2,1-2H3,(H,24,27)(H,25,26). The van der Waals surface area contributed by atoms with Crippen LogP contribution in [-0.4, -0.2) is 49.1 Å². The van der Waals surface area contributed by atoms with Crippen LogP contribution in [0.5, 0.6) is 11.5 Å². The van der Waals surface area contributed by atoms with Gasteiger partial charge in [-0.1, -0.05) is 25.1 Å². The van der Waals surface area contributed by atoms with Gasteiger partial charge in [-0.15, -0.1) is 0 Å². The van der Waals surface area contributed by atoms with Gasteiger partial charge in [0.15, 0.2) is 11.5 Å². The van der Waals surface area contributed by atoms with Gasteiger partial charge in [-0.25, -0.2) is 0 Å². The number of H-pyrrole nitrogens is 1. The highest BCUT2D eigenvalue weighted by molar-refractivity contribution is 5.94. The summed E-state index contributed by atoms with van der Waals surface area (Å²) < 4.78 is 16.6. The molecule has 0 radical (unpaired) electrons. The molecule has 2 heterocycles. The van der Waals surface area contributed by atoms with E-state index in [0.29, 0.717) is 25.4 Å². The van der Waals surface area contributed by atoms with Gasteiger partial charge in [0.2, 0.25) is 0 Å². The lowest BCUT2D eigenvalue weighted by Gasteiger charge is -2.20. The van der Waals surface area contributed by atoms with E-state index in [1.54, 1.807) is 19.2 Å². The number of carbonyl (C=O) groups excluding carboxylic acids is 1. The maximum atomic E-state index is 12.4. The third-order valence-corrected chi connectivity index (χ3v) is 5.07. The van der Waals surface area contributed by atoms with Crippen LogP contribution in [-0.2, 0) is 4.74 Å². The molecule has 1 atom stereocenters. The molecule has 1 aliphatic rings. The Kier molecular flexibility index (Phi) is 5.99. The quantitative estimate of drug-likeness (QED) is 0.624. The zero-order valence-corrected chi connectivity index (χ0v) is 17.1. The molecule has 0 saturated heterocycles. The number of para-hydroxylation sites is 1. The monoisotopic (exact) mass is 407 g/mol. The number of hydrogen-bond acceptors (Lipinski definition) is 5. The van der Waals surface area contributed by atoms with Gasteiger partial charge < -0.3 is 19.5 Å². The average Bonchev–Trinajstić information content (AvgIpc) is 3.28. The second-order valence-electron chi connectivity index (χ2n) is 7.11. The molecule has 0 aliphatic carbocycles. The van der Waals surface area contributed by atoms with Crippen molar-refractivity contribution >= 4 is 5.91 Å². The number of hydrogen-bond donors (Lipinski definition) is 2. The average molecular weight is 407 g/mol. The molecule has 0 fully saturated rings. The Bertz CT molecular complexity index is 1010. The molecule has 30 heavy (non-hydrogen) atoms. The van der Waals surface area contributed by atoms with Crippen LogP contribution in [0.1, 0.15) is 23.7 Å². The SMILES string of the molecule is CCC(COC)NC(=O)c1ccc(-c2cc(-c3cccc4c3OCCO4)[nH]n2)cc1. The van der Waals surface area contributed by atoms with Gasteiger partial charge in [0, 0.05) is 23.8 Å². The van der Waals surface area contributed by atoms with Gasteiger partial charge in [0.05, 0.1) is 24.0 Å². The van der Waals surface area contributed by atoms with Crippen LogP contribution < -0.4 is 14.8 Å². The summed E-state index contributed by atoms with van der Waals surface area (Å²) in [6.45, 7) is 3.59. The molecule has 3 aromatic rings. The van der Waals surface area contributed by atoms with E-state index in [9.17, 15) is 4.79 Å². The number of rotatable bonds is 7. The summed E-state index contributed by atoms with van der Waals surface area (Å²) in [7, 11) is 1.63. The highest BCUT2D eigenvalue weighted by Crippen LogP contribution is 2.39. The molecule has 1 unspecified atom stereocenters. The van der Waals surface area contributed by atoms with E-state index in [0.717, 1.165) is 40.4 Å². The van der Waals surface area contributed by atoms with Crippen LogP contribution in [0.4, 0.5) is 0 Å². The number of benzene rings is 2. The molecule has 4 rings (SSSR count). The fourth-order valence-corrected chi connectivity index (χ4v) is 3.42. The minimum absolute atomic E-state index is 0.000857. The van der Waals surface area contributed by atoms with Crippen molar-refractivity contribution in [3.8, 4) is 34.0 Å². The van der Waals surface area contributed by atoms with Crippen molar-refractivity contribution in [3.05, 3.63) is 54.1 Å². The number of ether oxygens (including phenoxy) is 3. The molecule has 7 nitrogen and oxygen atoms in total. The molecule has 156 valence electrons. The Morgan fingerprint density at radius 1 is 1.20 bits per heavy atom. The van der Waals surface area contributed by atoms with Crippen LogP contribution in [0.15, 0.2) is 48.5 Å². The number of nitrogens with zero attached hydrogens (tertiary/aromatic N) is 1. The lowest BCUT2D eigenvalue weighted by Crippen LogP contribution is -2.37. The van der Waals surface area contributed by atoms with Crippen LogP contribution in [0.2, 0.25) is 0 Å². The van der Waals surface area contributed by atoms with Crippen LogP contribution in [0, 0.1) is 0 Å². The van der Waals surface area contributed by atoms with Crippen molar-refractivity contribution in [2.45, 2.75) is 19.4 Å². The van der Waals surface area contributed by atoms with Crippen molar-refractivity contribution in [2.24, 2.45) is 0 Å². The Morgan fingerprint density at radius 3 is 2.77 bits per heavy atom. The smallest absolute Gasteiger partial charge is 0.251 e. The second kappa shape index (κ2) is 9.00. The lowest BCUT2D eigenvalue weighted by molar-refractivity contribution is 0.0894. The molecule has 0 spiro atoms. The highest BCUT2D eigenvalue weighted by Gasteiger charge is 2.18. The number of aromatic nitrogens is 2. The maximum absolute atomic E-state index is 12.4. The highest BCUT2D eigenvalue weighted by atomic mass is 16.6. The second-order valence-corrected chi connectivity index (χ2v) is 7.11. The van der Waals surface area contributed by atoms with Crippen molar-refractivity contribution in [1.82, 2.24) is 15.5 Å². The van der Waals surface area contributed by atoms with Crippen molar-refractivity contribution in [3.63, 3.8) is 0 Å². The van der Waals surface area contributed by atoms with E-state index in [4.69, 9.17) is 14.2 Å². The molecule has 0 saturated carbocycles. The summed E-state index contributed by atoms with van der Waals surface area (Å²) in [5.74, 6) is 1.36. The summed E-state index contributed by atoms with van der Waals surface area (Å²) in [6, 6.07) is 15.2. The van der Waals surface area contributed by atoms with E-state index in [1.165, 1.54) is 0 Å². The summed E-state index contributed by atoms with van der Waals surface area (Å²) in [4.78, 5) is 12.4. The molecule has 1 aliphatic heterocycles. The Morgan fingerprint density at radius 2 is 2.00 bits per heavy atom. The van der Waals surface area contributed by atoms with E-state index in [1.807, 2.05) is 43.3 Å². The van der Waals surface area contributed by atoms with Gasteiger partial charge in [-0.2, -0.15) is 5.10 Å². The third-order valence-electron chi connectivity index (χ3n) is 5.07. The number of amides is 1. The van der Waals surface area contributed by atoms with Gasteiger partial charge >= 0.3 is 0 Å². The minimum Gasteiger partial charge on any atom is -0.486 e. The predicted molar refractivity (Wildman–Crippen MR) is 114 cm³/mol. The summed E-state index contributed by atoms with van der Waals surface area (Å²) in [5, 5.41) is 10.5. The van der Waals surface area contributed by atoms with Crippen LogP contribution in [0.3, 0.4) is 0 Å². The van der Waals surface area contributed by atoms with E-state index >= 15 is 0 Å². The largest absolute Gasteiger partial charge is 0.486 e. The van der Waals surface area contributed by atoms with Crippen molar-refractivity contribution in [1.29, 1.82) is 0 Å². The van der Waals surface area contributed by atoms with Gasteiger partial charge in [0.1, 0.15) is 13.2 Å². The van der Waals surface area contributed by atoms with Crippen LogP contribution >= 0.6 is 0 Å². The first-order valence-electron chi connectivity index (χ1n) is 10.0. The molecule has 7 heteroatoms. The number of fused-ring (bicyclic) bond motifs is 1. The Labute approximate surface area is 175 Å². The molecule has 2 aromatic carbocycles. The fourth-order valence-electron chi connectivity index (χ4n) is 3.42. The Hall–Kier alpha value is -3.32. The topological polar surface area (TPSA) is 85.5 Å². The van der Waals surface area contributed by atoms with E-state index < -0.39 is 0 Å². The lowest BCUT2D eigenvalue weighted by atomic mass is 10.1. The van der Waals surface area contributed by atoms with Crippen molar-refractivity contribution in [2.75, 3.05) is 26.9 Å². The molecule has 1 aromatic heterocycles. The number of aromatic amines is 1. The molecular weight excluding hydrogens is 382 g/mol. The van der Waals surface area contributed by atoms with Gasteiger partial charge in [-0.05, 0) is 36.8 Å². The zero-order chi connectivity index (χ0) is 20.9. The molecule has 2 N–H and O–H groups in total. The Balaban J connectivity index is 1.51. The van der Waals surface area contributed by atoms with Crippen molar-refractivity contribution < 1.29 is 19.0 Å². The molecule has 1 amide bonds. The number of nitrogens with one attached hydrogen (secondary N) is 2. The van der Waals surface area contributed by atoms with Crippen LogP contribution in [0.25, 0.3) is 22.5 Å². The first kappa shape index (κ1) is 20.0. The maximum Gasteiger partial charge on any atom is 0.251 e. The fraction of sp³-hybridized carbons (Fsp3) is 0.304. The van der Waals surface area contributed by atoms with E-state index in [2.05, 4.69) is 15.5 Å². The summed E-state index contributed by atoms with van der Waals surface area (Å²) in [6.07, 6.45) is 0.811. The molecular formula is C23H25N3O4. The summed E-state index contributed by atoms with van der Waals surface area (Å²) >= 11 is 0. The number of methoxy groups -OCH3 is 1. The minimum atomic E-state index is -0.110. The van der Waals surface area contributed by atoms with Gasteiger partial charge in [0.25, 0.3) is 5.91 Å². The third kappa shape index (κ3) is 4.16. The number of carbonyl (C=O) groups is 1. The first-order chi connectivity index (χ1) is 14.7. The first-order valence-corrected chi connectivity index (χ1v) is 10.0. The summed E-state index contributed by atoms with van der Waals surface area (Å²) in [5.41, 5.74) is 4.06.